The Morgan fingerprint density at radius 1 is 1.53 bits per heavy atom. The van der Waals surface area contributed by atoms with Crippen molar-refractivity contribution in [1.82, 2.24) is 9.78 Å². The summed E-state index contributed by atoms with van der Waals surface area (Å²) in [6.45, 7) is 1.92. The van der Waals surface area contributed by atoms with Crippen molar-refractivity contribution in [3.05, 3.63) is 17.5 Å². The van der Waals surface area contributed by atoms with Crippen molar-refractivity contribution in [3.8, 4) is 0 Å². The zero-order chi connectivity index (χ0) is 10.8. The maximum Gasteiger partial charge on any atom is 0.181 e. The van der Waals surface area contributed by atoms with Gasteiger partial charge in [-0.25, -0.2) is 0 Å². The number of rotatable bonds is 3. The van der Waals surface area contributed by atoms with Crippen LogP contribution in [0.25, 0.3) is 0 Å². The van der Waals surface area contributed by atoms with Crippen LogP contribution in [0.3, 0.4) is 0 Å². The number of carbonyl (C=O) groups is 1. The van der Waals surface area contributed by atoms with Crippen LogP contribution in [0.4, 0.5) is 0 Å². The lowest BCUT2D eigenvalue weighted by Gasteiger charge is -2.07. The van der Waals surface area contributed by atoms with E-state index >= 15 is 0 Å². The highest BCUT2D eigenvalue weighted by Gasteiger charge is 2.21. The van der Waals surface area contributed by atoms with Gasteiger partial charge in [0.1, 0.15) is 5.69 Å². The Bertz CT molecular complexity index is 362. The molecule has 1 aliphatic rings. The molecule has 0 radical (unpaired) electrons. The predicted octanol–water partition coefficient (Wildman–Crippen LogP) is 2.49. The van der Waals surface area contributed by atoms with Crippen molar-refractivity contribution < 1.29 is 4.79 Å². The molecule has 0 saturated heterocycles. The SMILES string of the molecule is Cc1cc(C(=O)CC2CCCC2)n(C)n1. The average molecular weight is 206 g/mol. The third-order valence-electron chi connectivity index (χ3n) is 3.24. The van der Waals surface area contributed by atoms with Crippen LogP contribution >= 0.6 is 0 Å². The first-order valence-corrected chi connectivity index (χ1v) is 5.70. The van der Waals surface area contributed by atoms with Gasteiger partial charge in [0.25, 0.3) is 0 Å². The van der Waals surface area contributed by atoms with Gasteiger partial charge in [0, 0.05) is 13.5 Å². The third-order valence-corrected chi connectivity index (χ3v) is 3.24. The third kappa shape index (κ3) is 2.28. The lowest BCUT2D eigenvalue weighted by molar-refractivity contribution is 0.0953. The molecule has 82 valence electrons. The Kier molecular flexibility index (Phi) is 2.89. The first-order valence-electron chi connectivity index (χ1n) is 5.70. The summed E-state index contributed by atoms with van der Waals surface area (Å²) < 4.78 is 1.70. The van der Waals surface area contributed by atoms with Gasteiger partial charge in [0.05, 0.1) is 5.69 Å². The van der Waals surface area contributed by atoms with E-state index in [0.717, 1.165) is 11.4 Å². The number of aromatic nitrogens is 2. The Morgan fingerprint density at radius 3 is 2.73 bits per heavy atom. The fourth-order valence-electron chi connectivity index (χ4n) is 2.45. The second-order valence-corrected chi connectivity index (χ2v) is 4.57. The highest BCUT2D eigenvalue weighted by atomic mass is 16.1. The van der Waals surface area contributed by atoms with Crippen LogP contribution in [0, 0.1) is 12.8 Å². The van der Waals surface area contributed by atoms with E-state index in [9.17, 15) is 4.79 Å². The summed E-state index contributed by atoms with van der Waals surface area (Å²) in [5, 5.41) is 4.20. The predicted molar refractivity (Wildman–Crippen MR) is 58.9 cm³/mol. The second-order valence-electron chi connectivity index (χ2n) is 4.57. The van der Waals surface area contributed by atoms with Crippen LogP contribution in [0.5, 0.6) is 0 Å². The minimum Gasteiger partial charge on any atom is -0.292 e. The minimum atomic E-state index is 0.255. The Balaban J connectivity index is 2.03. The number of carbonyl (C=O) groups excluding carboxylic acids is 1. The monoisotopic (exact) mass is 206 g/mol. The lowest BCUT2D eigenvalue weighted by atomic mass is 9.99. The molecule has 0 aliphatic heterocycles. The molecule has 1 aromatic heterocycles. The highest BCUT2D eigenvalue weighted by Crippen LogP contribution is 2.28. The second kappa shape index (κ2) is 4.17. The topological polar surface area (TPSA) is 34.9 Å². The smallest absolute Gasteiger partial charge is 0.181 e. The molecule has 0 unspecified atom stereocenters. The van der Waals surface area contributed by atoms with E-state index in [1.54, 1.807) is 4.68 Å². The summed E-state index contributed by atoms with van der Waals surface area (Å²) in [7, 11) is 1.84. The van der Waals surface area contributed by atoms with Crippen LogP contribution in [-0.4, -0.2) is 15.6 Å². The molecule has 0 spiro atoms. The molecule has 15 heavy (non-hydrogen) atoms. The van der Waals surface area contributed by atoms with Crippen molar-refractivity contribution in [3.63, 3.8) is 0 Å². The first kappa shape index (κ1) is 10.4. The summed E-state index contributed by atoms with van der Waals surface area (Å²) in [5.41, 5.74) is 1.69. The summed E-state index contributed by atoms with van der Waals surface area (Å²) in [5.74, 6) is 0.873. The number of aryl methyl sites for hydroxylation is 2. The van der Waals surface area contributed by atoms with Crippen LogP contribution in [0.1, 0.15) is 48.3 Å². The van der Waals surface area contributed by atoms with Gasteiger partial charge in [-0.2, -0.15) is 5.10 Å². The van der Waals surface area contributed by atoms with Crippen LogP contribution in [0.2, 0.25) is 0 Å². The molecule has 0 N–H and O–H groups in total. The van der Waals surface area contributed by atoms with Crippen molar-refractivity contribution in [1.29, 1.82) is 0 Å². The molecule has 0 atom stereocenters. The summed E-state index contributed by atoms with van der Waals surface area (Å²) in [6, 6.07) is 1.89. The van der Waals surface area contributed by atoms with Crippen LogP contribution in [0.15, 0.2) is 6.07 Å². The molecule has 1 fully saturated rings. The number of hydrogen-bond donors (Lipinski definition) is 0. The average Bonchev–Trinajstić information content (AvgIpc) is 2.75. The van der Waals surface area contributed by atoms with Gasteiger partial charge < -0.3 is 0 Å². The molecule has 3 heteroatoms. The van der Waals surface area contributed by atoms with Crippen molar-refractivity contribution in [2.45, 2.75) is 39.0 Å². The molecule has 1 saturated carbocycles. The summed E-state index contributed by atoms with van der Waals surface area (Å²) in [6.07, 6.45) is 5.74. The maximum atomic E-state index is 12.0. The van der Waals surface area contributed by atoms with Crippen molar-refractivity contribution >= 4 is 5.78 Å². The summed E-state index contributed by atoms with van der Waals surface area (Å²) in [4.78, 5) is 12.0. The van der Waals surface area contributed by atoms with E-state index in [2.05, 4.69) is 5.10 Å². The van der Waals surface area contributed by atoms with E-state index in [1.807, 2.05) is 20.0 Å². The van der Waals surface area contributed by atoms with Gasteiger partial charge in [-0.05, 0) is 18.9 Å². The maximum absolute atomic E-state index is 12.0. The number of Topliss-reactive ketones (excluding diaryl/α,β-unsaturated/α-hetero) is 1. The Labute approximate surface area is 90.5 Å². The first-order chi connectivity index (χ1) is 7.16. The van der Waals surface area contributed by atoms with Crippen LogP contribution < -0.4 is 0 Å². The van der Waals surface area contributed by atoms with Gasteiger partial charge in [-0.15, -0.1) is 0 Å². The zero-order valence-electron chi connectivity index (χ0n) is 9.49. The van der Waals surface area contributed by atoms with Crippen LogP contribution in [-0.2, 0) is 7.05 Å². The largest absolute Gasteiger partial charge is 0.292 e. The molecule has 1 aliphatic carbocycles. The molecule has 0 aromatic carbocycles. The fraction of sp³-hybridized carbons (Fsp3) is 0.667. The van der Waals surface area contributed by atoms with Gasteiger partial charge in [-0.3, -0.25) is 9.48 Å². The number of hydrogen-bond acceptors (Lipinski definition) is 2. The Morgan fingerprint density at radius 2 is 2.20 bits per heavy atom. The molecule has 1 aromatic rings. The standard InChI is InChI=1S/C12H18N2O/c1-9-7-11(14(2)13-9)12(15)8-10-5-3-4-6-10/h7,10H,3-6,8H2,1-2H3. The molecular formula is C12H18N2O. The molecule has 0 bridgehead atoms. The quantitative estimate of drug-likeness (QED) is 0.712. The van der Waals surface area contributed by atoms with Crippen molar-refractivity contribution in [2.75, 3.05) is 0 Å². The highest BCUT2D eigenvalue weighted by molar-refractivity contribution is 5.94. The van der Waals surface area contributed by atoms with E-state index in [-0.39, 0.29) is 5.78 Å². The number of nitrogens with zero attached hydrogens (tertiary/aromatic N) is 2. The summed E-state index contributed by atoms with van der Waals surface area (Å²) >= 11 is 0. The van der Waals surface area contributed by atoms with E-state index < -0.39 is 0 Å². The van der Waals surface area contributed by atoms with Gasteiger partial charge in [0.2, 0.25) is 0 Å². The van der Waals surface area contributed by atoms with Gasteiger partial charge in [0.15, 0.2) is 5.78 Å². The molecule has 0 amide bonds. The van der Waals surface area contributed by atoms with Gasteiger partial charge in [-0.1, -0.05) is 25.7 Å². The van der Waals surface area contributed by atoms with E-state index in [1.165, 1.54) is 25.7 Å². The van der Waals surface area contributed by atoms with E-state index in [4.69, 9.17) is 0 Å². The normalized spacial score (nSPS) is 17.2. The molecular weight excluding hydrogens is 188 g/mol. The lowest BCUT2D eigenvalue weighted by Crippen LogP contribution is -2.10. The molecule has 2 rings (SSSR count). The Hall–Kier alpha value is -1.12. The van der Waals surface area contributed by atoms with Gasteiger partial charge >= 0.3 is 0 Å². The molecule has 3 nitrogen and oxygen atoms in total. The van der Waals surface area contributed by atoms with E-state index in [0.29, 0.717) is 12.3 Å². The minimum absolute atomic E-state index is 0.255. The van der Waals surface area contributed by atoms with Crippen molar-refractivity contribution in [2.24, 2.45) is 13.0 Å². The fourth-order valence-corrected chi connectivity index (χ4v) is 2.45. The zero-order valence-corrected chi connectivity index (χ0v) is 9.49. The number of ketones is 1. The molecule has 1 heterocycles.